The Morgan fingerprint density at radius 3 is 2.69 bits per heavy atom. The SMILES string of the molecule is CNSc1ccc(Nc2cccc(C(F)(F)F)c2)c(C2CC(Br)=NO2)c1. The number of hydrogen-bond donors (Lipinski definition) is 2. The third-order valence-corrected chi connectivity index (χ3v) is 4.85. The van der Waals surface area contributed by atoms with E-state index in [0.29, 0.717) is 22.4 Å². The Hall–Kier alpha value is -1.71. The molecule has 0 fully saturated rings. The second-order valence-electron chi connectivity index (χ2n) is 5.52. The second-order valence-corrected chi connectivity index (χ2v) is 7.52. The third-order valence-electron chi connectivity index (χ3n) is 3.69. The lowest BCUT2D eigenvalue weighted by Gasteiger charge is -2.18. The van der Waals surface area contributed by atoms with Gasteiger partial charge in [0.15, 0.2) is 6.10 Å². The molecule has 2 N–H and O–H groups in total. The first-order chi connectivity index (χ1) is 12.4. The molecule has 26 heavy (non-hydrogen) atoms. The van der Waals surface area contributed by atoms with Crippen molar-refractivity contribution in [3.05, 3.63) is 53.6 Å². The maximum atomic E-state index is 12.9. The molecule has 2 aromatic carbocycles. The zero-order chi connectivity index (χ0) is 18.7. The molecule has 4 nitrogen and oxygen atoms in total. The lowest BCUT2D eigenvalue weighted by atomic mass is 10.0. The Labute approximate surface area is 161 Å². The van der Waals surface area contributed by atoms with E-state index >= 15 is 0 Å². The molecule has 138 valence electrons. The van der Waals surface area contributed by atoms with Gasteiger partial charge in [-0.3, -0.25) is 4.72 Å². The molecule has 0 aromatic heterocycles. The van der Waals surface area contributed by atoms with Crippen LogP contribution in [0.25, 0.3) is 0 Å². The first kappa shape index (κ1) is 19.1. The van der Waals surface area contributed by atoms with Crippen molar-refractivity contribution in [1.82, 2.24) is 4.72 Å². The summed E-state index contributed by atoms with van der Waals surface area (Å²) in [5.41, 5.74) is 1.15. The molecule has 0 radical (unpaired) electrons. The summed E-state index contributed by atoms with van der Waals surface area (Å²) in [6.07, 6.45) is -4.14. The van der Waals surface area contributed by atoms with Gasteiger partial charge in [-0.05, 0) is 71.3 Å². The summed E-state index contributed by atoms with van der Waals surface area (Å²) in [5, 5.41) is 6.97. The van der Waals surface area contributed by atoms with Crippen LogP contribution in [-0.2, 0) is 11.0 Å². The minimum atomic E-state index is -4.39. The fourth-order valence-electron chi connectivity index (χ4n) is 2.55. The molecule has 0 saturated carbocycles. The predicted octanol–water partition coefficient (Wildman–Crippen LogP) is 5.85. The predicted molar refractivity (Wildman–Crippen MR) is 101 cm³/mol. The van der Waals surface area contributed by atoms with Crippen molar-refractivity contribution in [2.75, 3.05) is 12.4 Å². The molecule has 0 saturated heterocycles. The van der Waals surface area contributed by atoms with Gasteiger partial charge in [0.05, 0.1) is 5.56 Å². The molecule has 1 heterocycles. The normalized spacial score (nSPS) is 17.0. The van der Waals surface area contributed by atoms with Crippen LogP contribution in [0.1, 0.15) is 23.7 Å². The summed E-state index contributed by atoms with van der Waals surface area (Å²) in [4.78, 5) is 6.39. The van der Waals surface area contributed by atoms with Crippen molar-refractivity contribution in [1.29, 1.82) is 0 Å². The second kappa shape index (κ2) is 7.89. The van der Waals surface area contributed by atoms with E-state index in [1.165, 1.54) is 18.0 Å². The van der Waals surface area contributed by atoms with Gasteiger partial charge < -0.3 is 10.2 Å². The van der Waals surface area contributed by atoms with Crippen molar-refractivity contribution < 1.29 is 18.0 Å². The summed E-state index contributed by atoms with van der Waals surface area (Å²) < 4.78 is 42.5. The first-order valence-corrected chi connectivity index (χ1v) is 9.28. The molecular formula is C17H15BrF3N3OS. The smallest absolute Gasteiger partial charge is 0.386 e. The fraction of sp³-hybridized carbons (Fsp3) is 0.235. The van der Waals surface area contributed by atoms with Crippen LogP contribution in [-0.4, -0.2) is 11.7 Å². The van der Waals surface area contributed by atoms with Crippen LogP contribution in [0, 0.1) is 0 Å². The van der Waals surface area contributed by atoms with Gasteiger partial charge in [0, 0.05) is 28.3 Å². The minimum Gasteiger partial charge on any atom is -0.386 e. The maximum absolute atomic E-state index is 12.9. The molecule has 1 unspecified atom stereocenters. The average Bonchev–Trinajstić information content (AvgIpc) is 3.02. The van der Waals surface area contributed by atoms with Crippen LogP contribution in [0.3, 0.4) is 0 Å². The van der Waals surface area contributed by atoms with Gasteiger partial charge in [-0.25, -0.2) is 0 Å². The highest BCUT2D eigenvalue weighted by Gasteiger charge is 2.30. The fourth-order valence-corrected chi connectivity index (χ4v) is 3.48. The molecule has 2 aromatic rings. The van der Waals surface area contributed by atoms with Gasteiger partial charge in [-0.1, -0.05) is 11.2 Å². The number of benzene rings is 2. The zero-order valence-electron chi connectivity index (χ0n) is 13.6. The summed E-state index contributed by atoms with van der Waals surface area (Å²) in [6.45, 7) is 0. The molecule has 0 aliphatic carbocycles. The molecule has 0 bridgehead atoms. The average molecular weight is 446 g/mol. The van der Waals surface area contributed by atoms with E-state index in [4.69, 9.17) is 4.84 Å². The van der Waals surface area contributed by atoms with Crippen molar-refractivity contribution in [2.24, 2.45) is 5.16 Å². The highest BCUT2D eigenvalue weighted by Crippen LogP contribution is 2.38. The molecule has 0 spiro atoms. The first-order valence-electron chi connectivity index (χ1n) is 7.67. The van der Waals surface area contributed by atoms with Crippen molar-refractivity contribution >= 4 is 43.9 Å². The monoisotopic (exact) mass is 445 g/mol. The Bertz CT molecular complexity index is 829. The highest BCUT2D eigenvalue weighted by atomic mass is 79.9. The van der Waals surface area contributed by atoms with Gasteiger partial charge in [0.25, 0.3) is 0 Å². The number of rotatable bonds is 5. The Morgan fingerprint density at radius 2 is 2.04 bits per heavy atom. The van der Waals surface area contributed by atoms with E-state index in [1.54, 1.807) is 6.07 Å². The van der Waals surface area contributed by atoms with Crippen LogP contribution in [0.15, 0.2) is 52.5 Å². The van der Waals surface area contributed by atoms with Crippen LogP contribution >= 0.6 is 27.9 Å². The number of anilines is 2. The van der Waals surface area contributed by atoms with Crippen molar-refractivity contribution in [3.8, 4) is 0 Å². The van der Waals surface area contributed by atoms with Crippen LogP contribution in [0.4, 0.5) is 24.5 Å². The zero-order valence-corrected chi connectivity index (χ0v) is 16.0. The van der Waals surface area contributed by atoms with Gasteiger partial charge in [0.1, 0.15) is 4.62 Å². The summed E-state index contributed by atoms with van der Waals surface area (Å²) >= 11 is 4.75. The van der Waals surface area contributed by atoms with Crippen molar-refractivity contribution in [2.45, 2.75) is 23.6 Å². The van der Waals surface area contributed by atoms with Crippen molar-refractivity contribution in [3.63, 3.8) is 0 Å². The lowest BCUT2D eigenvalue weighted by Crippen LogP contribution is -2.06. The number of oxime groups is 1. The summed E-state index contributed by atoms with van der Waals surface area (Å²) in [5.74, 6) is 0. The van der Waals surface area contributed by atoms with E-state index in [1.807, 2.05) is 25.2 Å². The van der Waals surface area contributed by atoms with Gasteiger partial charge >= 0.3 is 6.18 Å². The molecule has 3 rings (SSSR count). The molecule has 1 aliphatic heterocycles. The maximum Gasteiger partial charge on any atom is 0.416 e. The Morgan fingerprint density at radius 1 is 1.23 bits per heavy atom. The van der Waals surface area contributed by atoms with E-state index in [2.05, 4.69) is 31.1 Å². The standard InChI is InChI=1S/C17H15BrF3N3OS/c1-22-26-12-5-6-14(13(8-12)15-9-16(18)24-25-15)23-11-4-2-3-10(7-11)17(19,20)21/h2-8,15,22-23H,9H2,1H3. The van der Waals surface area contributed by atoms with E-state index in [-0.39, 0.29) is 6.10 Å². The Balaban J connectivity index is 1.92. The van der Waals surface area contributed by atoms with E-state index in [9.17, 15) is 13.2 Å². The molecular weight excluding hydrogens is 431 g/mol. The number of halogens is 4. The molecule has 9 heteroatoms. The topological polar surface area (TPSA) is 45.7 Å². The summed E-state index contributed by atoms with van der Waals surface area (Å²) in [7, 11) is 1.81. The van der Waals surface area contributed by atoms with Crippen LogP contribution in [0.2, 0.25) is 0 Å². The largest absolute Gasteiger partial charge is 0.416 e. The van der Waals surface area contributed by atoms with E-state index in [0.717, 1.165) is 22.6 Å². The van der Waals surface area contributed by atoms with E-state index < -0.39 is 11.7 Å². The van der Waals surface area contributed by atoms with Crippen LogP contribution < -0.4 is 10.0 Å². The molecule has 0 amide bonds. The van der Waals surface area contributed by atoms with Gasteiger partial charge in [-0.2, -0.15) is 13.2 Å². The molecule has 1 aliphatic rings. The van der Waals surface area contributed by atoms with Gasteiger partial charge in [-0.15, -0.1) is 0 Å². The quantitative estimate of drug-likeness (QED) is 0.566. The third kappa shape index (κ3) is 4.52. The number of alkyl halides is 3. The number of nitrogens with one attached hydrogen (secondary N) is 2. The molecule has 1 atom stereocenters. The lowest BCUT2D eigenvalue weighted by molar-refractivity contribution is -0.137. The number of nitrogens with zero attached hydrogens (tertiary/aromatic N) is 1. The minimum absolute atomic E-state index is 0.310. The summed E-state index contributed by atoms with van der Waals surface area (Å²) in [6, 6.07) is 10.7. The number of hydrogen-bond acceptors (Lipinski definition) is 5. The van der Waals surface area contributed by atoms with Crippen LogP contribution in [0.5, 0.6) is 0 Å². The highest BCUT2D eigenvalue weighted by molar-refractivity contribution is 9.18. The van der Waals surface area contributed by atoms with Gasteiger partial charge in [0.2, 0.25) is 0 Å². The Kier molecular flexibility index (Phi) is 5.79.